The first-order chi connectivity index (χ1) is 11.5. The Hall–Kier alpha value is -2.55. The first kappa shape index (κ1) is 17.8. The molecule has 0 bridgehead atoms. The predicted octanol–water partition coefficient (Wildman–Crippen LogP) is 3.70. The van der Waals surface area contributed by atoms with E-state index in [1.54, 1.807) is 25.1 Å². The lowest BCUT2D eigenvalue weighted by Gasteiger charge is -2.05. The molecular formula is C17H14Cl2N4O. The molecule has 1 amide bonds. The number of carbonyl (C=O) groups is 1. The third-order valence-electron chi connectivity index (χ3n) is 3.19. The summed E-state index contributed by atoms with van der Waals surface area (Å²) in [5.41, 5.74) is 1.60. The van der Waals surface area contributed by atoms with Crippen molar-refractivity contribution in [3.8, 4) is 11.8 Å². The number of hydrogen-bond acceptors (Lipinski definition) is 3. The van der Waals surface area contributed by atoms with Gasteiger partial charge in [0, 0.05) is 12.1 Å². The van der Waals surface area contributed by atoms with E-state index in [0.29, 0.717) is 22.0 Å². The molecule has 0 saturated heterocycles. The van der Waals surface area contributed by atoms with Gasteiger partial charge in [-0.25, -0.2) is 4.68 Å². The van der Waals surface area contributed by atoms with E-state index in [0.717, 1.165) is 0 Å². The lowest BCUT2D eigenvalue weighted by Crippen LogP contribution is -2.24. The van der Waals surface area contributed by atoms with Crippen LogP contribution in [-0.2, 0) is 4.79 Å². The van der Waals surface area contributed by atoms with Gasteiger partial charge in [-0.3, -0.25) is 4.79 Å². The summed E-state index contributed by atoms with van der Waals surface area (Å²) in [4.78, 5) is 11.9. The zero-order chi connectivity index (χ0) is 17.7. The summed E-state index contributed by atoms with van der Waals surface area (Å²) in [6.45, 7) is 5.52. The summed E-state index contributed by atoms with van der Waals surface area (Å²) >= 11 is 12.6. The molecule has 0 aliphatic rings. The maximum Gasteiger partial charge on any atom is 0.262 e. The maximum atomic E-state index is 11.9. The Labute approximate surface area is 149 Å². The zero-order valence-electron chi connectivity index (χ0n) is 12.9. The SMILES string of the molecule is C=CCNC(=O)/C(C#N)=C/c1c(C)nn(-c2ccccc2Cl)c1Cl. The monoisotopic (exact) mass is 360 g/mol. The van der Waals surface area contributed by atoms with Crippen molar-refractivity contribution in [1.29, 1.82) is 5.26 Å². The molecule has 1 heterocycles. The van der Waals surface area contributed by atoms with Gasteiger partial charge in [-0.2, -0.15) is 10.4 Å². The number of para-hydroxylation sites is 1. The van der Waals surface area contributed by atoms with Crippen LogP contribution in [0.2, 0.25) is 10.2 Å². The highest BCUT2D eigenvalue weighted by molar-refractivity contribution is 6.33. The van der Waals surface area contributed by atoms with Crippen molar-refractivity contribution in [3.63, 3.8) is 0 Å². The molecule has 0 fully saturated rings. The normalized spacial score (nSPS) is 11.0. The van der Waals surface area contributed by atoms with Crippen LogP contribution in [0.15, 0.2) is 42.5 Å². The van der Waals surface area contributed by atoms with Crippen molar-refractivity contribution < 1.29 is 4.79 Å². The van der Waals surface area contributed by atoms with Crippen molar-refractivity contribution >= 4 is 35.2 Å². The fraction of sp³-hybridized carbons (Fsp3) is 0.118. The number of halogens is 2. The number of benzene rings is 1. The lowest BCUT2D eigenvalue weighted by atomic mass is 10.1. The number of aromatic nitrogens is 2. The maximum absolute atomic E-state index is 11.9. The van der Waals surface area contributed by atoms with Gasteiger partial charge in [-0.1, -0.05) is 41.4 Å². The Morgan fingerprint density at radius 3 is 2.79 bits per heavy atom. The van der Waals surface area contributed by atoms with Gasteiger partial charge in [-0.05, 0) is 25.1 Å². The number of nitrogens with zero attached hydrogens (tertiary/aromatic N) is 3. The molecule has 2 rings (SSSR count). The number of hydrogen-bond donors (Lipinski definition) is 1. The molecule has 1 aromatic carbocycles. The Balaban J connectivity index is 2.47. The van der Waals surface area contributed by atoms with Gasteiger partial charge in [0.25, 0.3) is 5.91 Å². The van der Waals surface area contributed by atoms with Crippen molar-refractivity contribution in [2.75, 3.05) is 6.54 Å². The van der Waals surface area contributed by atoms with Crippen molar-refractivity contribution in [2.45, 2.75) is 6.92 Å². The van der Waals surface area contributed by atoms with E-state index < -0.39 is 5.91 Å². The summed E-state index contributed by atoms with van der Waals surface area (Å²) in [5.74, 6) is -0.502. The zero-order valence-corrected chi connectivity index (χ0v) is 14.4. The smallest absolute Gasteiger partial charge is 0.262 e. The van der Waals surface area contributed by atoms with E-state index in [9.17, 15) is 10.1 Å². The number of rotatable bonds is 5. The summed E-state index contributed by atoms with van der Waals surface area (Å²) in [5, 5.41) is 16.9. The highest BCUT2D eigenvalue weighted by Gasteiger charge is 2.17. The van der Waals surface area contributed by atoms with Crippen LogP contribution in [0.5, 0.6) is 0 Å². The Kier molecular flexibility index (Phi) is 5.80. The van der Waals surface area contributed by atoms with E-state index in [1.807, 2.05) is 12.1 Å². The molecule has 0 aliphatic carbocycles. The molecular weight excluding hydrogens is 347 g/mol. The first-order valence-corrected chi connectivity index (χ1v) is 7.76. The van der Waals surface area contributed by atoms with Gasteiger partial charge in [0.15, 0.2) is 0 Å². The molecule has 2 aromatic rings. The highest BCUT2D eigenvalue weighted by atomic mass is 35.5. The minimum atomic E-state index is -0.502. The number of aryl methyl sites for hydroxylation is 1. The van der Waals surface area contributed by atoms with Crippen LogP contribution in [0.3, 0.4) is 0 Å². The van der Waals surface area contributed by atoms with Gasteiger partial charge < -0.3 is 5.32 Å². The molecule has 0 saturated carbocycles. The number of nitrogens with one attached hydrogen (secondary N) is 1. The average molecular weight is 361 g/mol. The van der Waals surface area contributed by atoms with E-state index in [1.165, 1.54) is 16.8 Å². The lowest BCUT2D eigenvalue weighted by molar-refractivity contribution is -0.116. The largest absolute Gasteiger partial charge is 0.348 e. The molecule has 0 radical (unpaired) electrons. The van der Waals surface area contributed by atoms with Crippen molar-refractivity contribution in [2.24, 2.45) is 0 Å². The molecule has 24 heavy (non-hydrogen) atoms. The minimum absolute atomic E-state index is 0.0689. The summed E-state index contributed by atoms with van der Waals surface area (Å²) in [6.07, 6.45) is 2.94. The first-order valence-electron chi connectivity index (χ1n) is 7.00. The third-order valence-corrected chi connectivity index (χ3v) is 3.87. The van der Waals surface area contributed by atoms with E-state index in [2.05, 4.69) is 17.0 Å². The topological polar surface area (TPSA) is 70.7 Å². The number of amides is 1. The number of carbonyl (C=O) groups excluding carboxylic acids is 1. The summed E-state index contributed by atoms with van der Waals surface area (Å²) in [7, 11) is 0. The summed E-state index contributed by atoms with van der Waals surface area (Å²) < 4.78 is 1.47. The fourth-order valence-corrected chi connectivity index (χ4v) is 2.55. The molecule has 7 heteroatoms. The quantitative estimate of drug-likeness (QED) is 0.502. The average Bonchev–Trinajstić information content (AvgIpc) is 2.85. The standard InChI is InChI=1S/C17H14Cl2N4O/c1-3-8-21-17(24)12(10-20)9-13-11(2)22-23(16(13)19)15-7-5-4-6-14(15)18/h3-7,9H,1,8H2,2H3,(H,21,24)/b12-9+. The fourth-order valence-electron chi connectivity index (χ4n) is 2.01. The molecule has 1 aromatic heterocycles. The van der Waals surface area contributed by atoms with Gasteiger partial charge >= 0.3 is 0 Å². The van der Waals surface area contributed by atoms with Crippen LogP contribution in [0, 0.1) is 18.3 Å². The van der Waals surface area contributed by atoms with Crippen LogP contribution in [0.4, 0.5) is 0 Å². The molecule has 122 valence electrons. The van der Waals surface area contributed by atoms with Gasteiger partial charge in [0.05, 0.1) is 16.4 Å². The van der Waals surface area contributed by atoms with Gasteiger partial charge in [-0.15, -0.1) is 6.58 Å². The molecule has 0 aliphatic heterocycles. The third kappa shape index (κ3) is 3.67. The number of nitriles is 1. The van der Waals surface area contributed by atoms with Crippen LogP contribution >= 0.6 is 23.2 Å². The Bertz CT molecular complexity index is 862. The van der Waals surface area contributed by atoms with Crippen molar-refractivity contribution in [1.82, 2.24) is 15.1 Å². The van der Waals surface area contributed by atoms with Crippen molar-refractivity contribution in [3.05, 3.63) is 63.9 Å². The Morgan fingerprint density at radius 2 is 2.17 bits per heavy atom. The van der Waals surface area contributed by atoms with Gasteiger partial charge in [0.2, 0.25) is 0 Å². The van der Waals surface area contributed by atoms with E-state index in [-0.39, 0.29) is 17.3 Å². The van der Waals surface area contributed by atoms with Crippen LogP contribution in [0.1, 0.15) is 11.3 Å². The second-order valence-electron chi connectivity index (χ2n) is 4.82. The van der Waals surface area contributed by atoms with Crippen LogP contribution in [0.25, 0.3) is 11.8 Å². The molecule has 5 nitrogen and oxygen atoms in total. The van der Waals surface area contributed by atoms with E-state index in [4.69, 9.17) is 23.2 Å². The minimum Gasteiger partial charge on any atom is -0.348 e. The molecule has 0 atom stereocenters. The van der Waals surface area contributed by atoms with Crippen LogP contribution < -0.4 is 5.32 Å². The molecule has 1 N–H and O–H groups in total. The summed E-state index contributed by atoms with van der Waals surface area (Å²) in [6, 6.07) is 8.98. The van der Waals surface area contributed by atoms with E-state index >= 15 is 0 Å². The second kappa shape index (κ2) is 7.82. The molecule has 0 spiro atoms. The second-order valence-corrected chi connectivity index (χ2v) is 5.59. The highest BCUT2D eigenvalue weighted by Crippen LogP contribution is 2.28. The predicted molar refractivity (Wildman–Crippen MR) is 95.1 cm³/mol. The Morgan fingerprint density at radius 1 is 1.46 bits per heavy atom. The van der Waals surface area contributed by atoms with Gasteiger partial charge in [0.1, 0.15) is 16.8 Å². The van der Waals surface area contributed by atoms with Crippen LogP contribution in [-0.4, -0.2) is 22.2 Å². The molecule has 0 unspecified atom stereocenters.